The van der Waals surface area contributed by atoms with Gasteiger partial charge in [0.15, 0.2) is 0 Å². The number of urea groups is 1. The first kappa shape index (κ1) is 16.6. The number of carbonyl (C=O) groups excluding carboxylic acids is 1. The van der Waals surface area contributed by atoms with Crippen LogP contribution in [0, 0.1) is 0 Å². The number of likely N-dealkylation sites (N-methyl/N-ethyl adjacent to an activating group) is 1. The van der Waals surface area contributed by atoms with Crippen molar-refractivity contribution in [2.45, 2.75) is 69.6 Å². The van der Waals surface area contributed by atoms with Crippen LogP contribution in [0.15, 0.2) is 0 Å². The van der Waals surface area contributed by atoms with Gasteiger partial charge in [-0.25, -0.2) is 4.79 Å². The zero-order chi connectivity index (χ0) is 15.2. The van der Waals surface area contributed by atoms with Crippen molar-refractivity contribution in [3.8, 4) is 0 Å². The third-order valence-corrected chi connectivity index (χ3v) is 4.84. The molecule has 5 heteroatoms. The highest BCUT2D eigenvalue weighted by Gasteiger charge is 2.29. The lowest BCUT2D eigenvalue weighted by Gasteiger charge is -2.33. The van der Waals surface area contributed by atoms with Gasteiger partial charge in [-0.15, -0.1) is 0 Å². The van der Waals surface area contributed by atoms with Gasteiger partial charge in [-0.1, -0.05) is 12.8 Å². The van der Waals surface area contributed by atoms with E-state index in [0.29, 0.717) is 6.04 Å². The highest BCUT2D eigenvalue weighted by molar-refractivity contribution is 5.75. The largest absolute Gasteiger partial charge is 0.393 e. The number of rotatable bonds is 5. The summed E-state index contributed by atoms with van der Waals surface area (Å²) in [5.41, 5.74) is 0. The number of amides is 2. The van der Waals surface area contributed by atoms with Crippen molar-refractivity contribution in [2.24, 2.45) is 0 Å². The Morgan fingerprint density at radius 1 is 1.05 bits per heavy atom. The molecule has 0 aliphatic heterocycles. The van der Waals surface area contributed by atoms with Crippen LogP contribution in [0.25, 0.3) is 0 Å². The standard InChI is InChI=1S/C16H31N3O2/c1-18(2)11-12-19(14-5-3-4-6-14)16(21)17-13-7-9-15(20)10-8-13/h13-15,20H,3-12H2,1-2H3,(H,17,21). The molecule has 0 spiro atoms. The highest BCUT2D eigenvalue weighted by Crippen LogP contribution is 2.24. The van der Waals surface area contributed by atoms with Crippen LogP contribution < -0.4 is 5.32 Å². The third kappa shape index (κ3) is 5.15. The normalized spacial score (nSPS) is 27.0. The summed E-state index contributed by atoms with van der Waals surface area (Å²) in [7, 11) is 4.10. The van der Waals surface area contributed by atoms with E-state index in [9.17, 15) is 9.90 Å². The first-order valence-corrected chi connectivity index (χ1v) is 8.46. The topological polar surface area (TPSA) is 55.8 Å². The van der Waals surface area contributed by atoms with E-state index in [1.165, 1.54) is 12.8 Å². The van der Waals surface area contributed by atoms with Gasteiger partial charge in [0.1, 0.15) is 0 Å². The van der Waals surface area contributed by atoms with Crippen molar-refractivity contribution in [1.29, 1.82) is 0 Å². The molecule has 0 aromatic rings. The van der Waals surface area contributed by atoms with E-state index in [4.69, 9.17) is 0 Å². The molecule has 2 amide bonds. The Hall–Kier alpha value is -0.810. The quantitative estimate of drug-likeness (QED) is 0.813. The number of aliphatic hydroxyl groups excluding tert-OH is 1. The fourth-order valence-electron chi connectivity index (χ4n) is 3.45. The highest BCUT2D eigenvalue weighted by atomic mass is 16.3. The minimum Gasteiger partial charge on any atom is -0.393 e. The summed E-state index contributed by atoms with van der Waals surface area (Å²) < 4.78 is 0. The van der Waals surface area contributed by atoms with Gasteiger partial charge in [-0.2, -0.15) is 0 Å². The van der Waals surface area contributed by atoms with Crippen molar-refractivity contribution >= 4 is 6.03 Å². The number of aliphatic hydroxyl groups is 1. The number of hydrogen-bond acceptors (Lipinski definition) is 3. The maximum atomic E-state index is 12.6. The second-order valence-corrected chi connectivity index (χ2v) is 6.89. The molecule has 5 nitrogen and oxygen atoms in total. The fourth-order valence-corrected chi connectivity index (χ4v) is 3.45. The lowest BCUT2D eigenvalue weighted by atomic mass is 9.93. The summed E-state index contributed by atoms with van der Waals surface area (Å²) in [6.45, 7) is 1.71. The second-order valence-electron chi connectivity index (χ2n) is 6.89. The molecular formula is C16H31N3O2. The number of nitrogens with one attached hydrogen (secondary N) is 1. The van der Waals surface area contributed by atoms with Crippen molar-refractivity contribution in [2.75, 3.05) is 27.2 Å². The van der Waals surface area contributed by atoms with Gasteiger partial charge in [0.2, 0.25) is 0 Å². The lowest BCUT2D eigenvalue weighted by Crippen LogP contribution is -2.51. The van der Waals surface area contributed by atoms with E-state index in [0.717, 1.165) is 51.6 Å². The first-order chi connectivity index (χ1) is 10.1. The zero-order valence-electron chi connectivity index (χ0n) is 13.6. The molecule has 0 aromatic heterocycles. The van der Waals surface area contributed by atoms with E-state index in [1.807, 2.05) is 14.1 Å². The van der Waals surface area contributed by atoms with Gasteiger partial charge >= 0.3 is 6.03 Å². The van der Waals surface area contributed by atoms with Crippen LogP contribution in [0.3, 0.4) is 0 Å². The predicted molar refractivity (Wildman–Crippen MR) is 84.3 cm³/mol. The van der Waals surface area contributed by atoms with Gasteiger partial charge in [-0.05, 0) is 52.6 Å². The van der Waals surface area contributed by atoms with Crippen LogP contribution in [-0.2, 0) is 0 Å². The summed E-state index contributed by atoms with van der Waals surface area (Å²) in [6.07, 6.45) is 8.03. The van der Waals surface area contributed by atoms with E-state index < -0.39 is 0 Å². The van der Waals surface area contributed by atoms with Gasteiger partial charge in [0.05, 0.1) is 6.10 Å². The molecule has 0 heterocycles. The monoisotopic (exact) mass is 297 g/mol. The molecule has 2 saturated carbocycles. The Kier molecular flexibility index (Phi) is 6.30. The van der Waals surface area contributed by atoms with Gasteiger partial charge in [-0.3, -0.25) is 0 Å². The van der Waals surface area contributed by atoms with Gasteiger partial charge in [0, 0.05) is 25.2 Å². The molecule has 0 saturated heterocycles. The molecule has 0 bridgehead atoms. The maximum absolute atomic E-state index is 12.6. The molecular weight excluding hydrogens is 266 g/mol. The molecule has 0 radical (unpaired) electrons. The Labute approximate surface area is 128 Å². The van der Waals surface area contributed by atoms with E-state index in [1.54, 1.807) is 0 Å². The Morgan fingerprint density at radius 2 is 1.67 bits per heavy atom. The minimum atomic E-state index is -0.169. The van der Waals surface area contributed by atoms with Gasteiger partial charge < -0.3 is 20.2 Å². The Bertz CT molecular complexity index is 321. The molecule has 2 aliphatic carbocycles. The fraction of sp³-hybridized carbons (Fsp3) is 0.938. The predicted octanol–water partition coefficient (Wildman–Crippen LogP) is 1.81. The summed E-state index contributed by atoms with van der Waals surface area (Å²) >= 11 is 0. The van der Waals surface area contributed by atoms with Gasteiger partial charge in [0.25, 0.3) is 0 Å². The first-order valence-electron chi connectivity index (χ1n) is 8.46. The smallest absolute Gasteiger partial charge is 0.317 e. The van der Waals surface area contributed by atoms with Crippen molar-refractivity contribution in [3.63, 3.8) is 0 Å². The second kappa shape index (κ2) is 7.99. The Balaban J connectivity index is 1.86. The molecule has 2 rings (SSSR count). The van der Waals surface area contributed by atoms with Crippen molar-refractivity contribution in [1.82, 2.24) is 15.1 Å². The zero-order valence-corrected chi connectivity index (χ0v) is 13.6. The summed E-state index contributed by atoms with van der Waals surface area (Å²) in [4.78, 5) is 16.8. The molecule has 122 valence electrons. The Morgan fingerprint density at radius 3 is 2.24 bits per heavy atom. The summed E-state index contributed by atoms with van der Waals surface area (Å²) in [6, 6.07) is 0.758. The summed E-state index contributed by atoms with van der Waals surface area (Å²) in [5.74, 6) is 0. The molecule has 0 atom stereocenters. The lowest BCUT2D eigenvalue weighted by molar-refractivity contribution is 0.112. The molecule has 0 aromatic carbocycles. The van der Waals surface area contributed by atoms with Crippen LogP contribution in [0.5, 0.6) is 0 Å². The molecule has 21 heavy (non-hydrogen) atoms. The van der Waals surface area contributed by atoms with Crippen molar-refractivity contribution in [3.05, 3.63) is 0 Å². The van der Waals surface area contributed by atoms with Crippen LogP contribution in [0.1, 0.15) is 51.4 Å². The van der Waals surface area contributed by atoms with Crippen LogP contribution in [0.2, 0.25) is 0 Å². The average molecular weight is 297 g/mol. The van der Waals surface area contributed by atoms with E-state index >= 15 is 0 Å². The molecule has 2 aliphatic rings. The van der Waals surface area contributed by atoms with Crippen LogP contribution >= 0.6 is 0 Å². The maximum Gasteiger partial charge on any atom is 0.317 e. The molecule has 2 fully saturated rings. The SMILES string of the molecule is CN(C)CCN(C(=O)NC1CCC(O)CC1)C1CCCC1. The van der Waals surface area contributed by atoms with E-state index in [-0.39, 0.29) is 18.2 Å². The van der Waals surface area contributed by atoms with Crippen LogP contribution in [0.4, 0.5) is 4.79 Å². The number of carbonyl (C=O) groups is 1. The van der Waals surface area contributed by atoms with Crippen LogP contribution in [-0.4, -0.2) is 66.3 Å². The van der Waals surface area contributed by atoms with E-state index in [2.05, 4.69) is 15.1 Å². The number of hydrogen-bond donors (Lipinski definition) is 2. The molecule has 0 unspecified atom stereocenters. The minimum absolute atomic E-state index is 0.102. The average Bonchev–Trinajstić information content (AvgIpc) is 2.95. The molecule has 2 N–H and O–H groups in total. The van der Waals surface area contributed by atoms with Crippen molar-refractivity contribution < 1.29 is 9.90 Å². The summed E-state index contributed by atoms with van der Waals surface area (Å²) in [5, 5.41) is 12.8. The third-order valence-electron chi connectivity index (χ3n) is 4.84. The number of nitrogens with zero attached hydrogens (tertiary/aromatic N) is 2.